The van der Waals surface area contributed by atoms with Gasteiger partial charge in [0, 0.05) is 88.3 Å². The Hall–Kier alpha value is 0.154. The van der Waals surface area contributed by atoms with Crippen LogP contribution in [0.4, 0.5) is 0 Å². The van der Waals surface area contributed by atoms with Crippen molar-refractivity contribution in [2.45, 2.75) is 38.7 Å². The highest BCUT2D eigenvalue weighted by molar-refractivity contribution is 7.66. The Bertz CT molecular complexity index is 420. The molecule has 0 heterocycles. The molecular formula is C12H19B15O. The van der Waals surface area contributed by atoms with Gasteiger partial charge in [-0.05, 0) is 5.56 Å². The summed E-state index contributed by atoms with van der Waals surface area (Å²) in [4.78, 5) is 0. The van der Waals surface area contributed by atoms with E-state index in [-0.39, 0.29) is 12.3 Å². The van der Waals surface area contributed by atoms with Crippen LogP contribution in [0.1, 0.15) is 11.7 Å². The van der Waals surface area contributed by atoms with Gasteiger partial charge in [0.25, 0.3) is 0 Å². The Kier molecular flexibility index (Phi) is 25.6. The number of benzene rings is 1. The predicted molar refractivity (Wildman–Crippen MR) is 144 cm³/mol. The van der Waals surface area contributed by atoms with E-state index in [9.17, 15) is 5.11 Å². The van der Waals surface area contributed by atoms with Gasteiger partial charge < -0.3 is 5.11 Å². The fraction of sp³-hybridized carbons (Fsp3) is 0.500. The van der Waals surface area contributed by atoms with E-state index in [0.29, 0.717) is 6.32 Å². The standard InChI is InChI=1S/C9H10B9O.CH3B3.CH3B2.CH3B/c10-15-17(12)8(6-16(11)18(13)14)9(19)7-4-2-1-3-5-7;1-4(2)3;1-3-2;1-2/h1-5,8-9,19H,6H2;1H3;1H3;1H3. The van der Waals surface area contributed by atoms with E-state index < -0.39 is 25.5 Å². The molecule has 1 nitrogen and oxygen atoms in total. The third-order valence-corrected chi connectivity index (χ3v) is 3.30. The molecule has 118 valence electrons. The minimum atomic E-state index is -0.763. The van der Waals surface area contributed by atoms with Crippen molar-refractivity contribution in [3.63, 3.8) is 0 Å². The molecule has 2 atom stereocenters. The van der Waals surface area contributed by atoms with Gasteiger partial charge in [0.1, 0.15) is 0 Å². The van der Waals surface area contributed by atoms with Crippen LogP contribution >= 0.6 is 0 Å². The minimum absolute atomic E-state index is 0.167. The molecule has 0 aliphatic rings. The molecule has 0 aliphatic carbocycles. The predicted octanol–water partition coefficient (Wildman–Crippen LogP) is -1.94. The second kappa shape index (κ2) is 21.9. The first-order valence-electron chi connectivity index (χ1n) is 9.01. The minimum Gasteiger partial charge on any atom is -0.389 e. The summed E-state index contributed by atoms with van der Waals surface area (Å²) in [5, 5.41) is 10.4. The number of hydrogen-bond acceptors (Lipinski definition) is 1. The summed E-state index contributed by atoms with van der Waals surface area (Å²) < 4.78 is 0. The summed E-state index contributed by atoms with van der Waals surface area (Å²) in [7, 11) is 50.2. The van der Waals surface area contributed by atoms with E-state index in [2.05, 4.69) is 7.85 Å². The fourth-order valence-corrected chi connectivity index (χ4v) is 2.01. The molecule has 20 radical (unpaired) electrons. The van der Waals surface area contributed by atoms with Crippen molar-refractivity contribution in [2.75, 3.05) is 0 Å². The van der Waals surface area contributed by atoms with Crippen molar-refractivity contribution in [2.24, 2.45) is 0 Å². The largest absolute Gasteiger partial charge is 0.389 e. The van der Waals surface area contributed by atoms with Gasteiger partial charge in [0.05, 0.1) is 27.6 Å². The first-order chi connectivity index (χ1) is 13.1. The van der Waals surface area contributed by atoms with Crippen molar-refractivity contribution in [1.82, 2.24) is 0 Å². The van der Waals surface area contributed by atoms with E-state index in [4.69, 9.17) is 61.9 Å². The van der Waals surface area contributed by atoms with Crippen molar-refractivity contribution < 1.29 is 5.11 Å². The van der Waals surface area contributed by atoms with E-state index in [0.717, 1.165) is 5.56 Å². The van der Waals surface area contributed by atoms with Gasteiger partial charge in [-0.3, -0.25) is 0 Å². The van der Waals surface area contributed by atoms with Gasteiger partial charge in [-0.25, -0.2) is 0 Å². The van der Waals surface area contributed by atoms with Crippen molar-refractivity contribution in [3.8, 4) is 0 Å². The third-order valence-electron chi connectivity index (χ3n) is 3.30. The Balaban J connectivity index is -0.000000589. The maximum Gasteiger partial charge on any atom is 0.0732 e. The summed E-state index contributed by atoms with van der Waals surface area (Å²) in [6.07, 6.45) is -1.03. The maximum absolute atomic E-state index is 10.4. The quantitative estimate of drug-likeness (QED) is 0.573. The topological polar surface area (TPSA) is 20.2 Å². The molecule has 0 saturated carbocycles. The maximum atomic E-state index is 10.4. The van der Waals surface area contributed by atoms with Crippen LogP contribution in [0.2, 0.25) is 32.6 Å². The lowest BCUT2D eigenvalue weighted by Crippen LogP contribution is -2.43. The van der Waals surface area contributed by atoms with Crippen LogP contribution in [0, 0.1) is 0 Å². The zero-order valence-electron chi connectivity index (χ0n) is 17.4. The molecule has 1 aromatic carbocycles. The van der Waals surface area contributed by atoms with E-state index in [1.807, 2.05) is 30.3 Å². The molecule has 0 saturated heterocycles. The van der Waals surface area contributed by atoms with Crippen LogP contribution in [0.5, 0.6) is 0 Å². The molecular weight excluding hydrogens is 322 g/mol. The molecule has 0 aliphatic heterocycles. The molecule has 0 amide bonds. The highest BCUT2D eigenvalue weighted by Gasteiger charge is 2.29. The molecule has 1 N–H and O–H groups in total. The third kappa shape index (κ3) is 18.2. The molecule has 28 heavy (non-hydrogen) atoms. The van der Waals surface area contributed by atoms with E-state index >= 15 is 0 Å². The van der Waals surface area contributed by atoms with Crippen LogP contribution in [0.3, 0.4) is 0 Å². The van der Waals surface area contributed by atoms with Crippen LogP contribution in [-0.4, -0.2) is 115 Å². The lowest BCUT2D eigenvalue weighted by Gasteiger charge is -2.31. The molecule has 0 bridgehead atoms. The van der Waals surface area contributed by atoms with Crippen molar-refractivity contribution >= 4 is 110 Å². The highest BCUT2D eigenvalue weighted by atomic mass is 16.3. The lowest BCUT2D eigenvalue weighted by atomic mass is 8.85. The van der Waals surface area contributed by atoms with Gasteiger partial charge in [0.2, 0.25) is 0 Å². The highest BCUT2D eigenvalue weighted by Crippen LogP contribution is 2.32. The second-order valence-electron chi connectivity index (χ2n) is 5.96. The van der Waals surface area contributed by atoms with E-state index in [1.54, 1.807) is 13.6 Å². The fourth-order valence-electron chi connectivity index (χ4n) is 2.01. The average Bonchev–Trinajstić information content (AvgIpc) is 2.67. The van der Waals surface area contributed by atoms with Gasteiger partial charge in [-0.15, -0.1) is 13.6 Å². The molecule has 1 aromatic rings. The second-order valence-corrected chi connectivity index (χ2v) is 5.96. The monoisotopic (exact) mass is 344 g/mol. The Morgan fingerprint density at radius 1 is 0.964 bits per heavy atom. The van der Waals surface area contributed by atoms with Gasteiger partial charge >= 0.3 is 0 Å². The Labute approximate surface area is 189 Å². The Morgan fingerprint density at radius 2 is 1.36 bits per heavy atom. The molecule has 2 unspecified atom stereocenters. The summed E-state index contributed by atoms with van der Waals surface area (Å²) in [5.74, 6) is -0.336. The number of aliphatic hydroxyl groups excluding tert-OH is 1. The normalized spacial score (nSPS) is 10.6. The summed E-state index contributed by atoms with van der Waals surface area (Å²) in [6.45, 7) is 3.90. The average molecular weight is 341 g/mol. The number of aliphatic hydroxyl groups is 1. The smallest absolute Gasteiger partial charge is 0.0732 e. The number of rotatable bonds is 7. The first-order valence-corrected chi connectivity index (χ1v) is 9.01. The lowest BCUT2D eigenvalue weighted by molar-refractivity contribution is 0.173. The summed E-state index contributed by atoms with van der Waals surface area (Å²) >= 11 is 0. The number of hydrogen-bond donors (Lipinski definition) is 1. The molecule has 0 aromatic heterocycles. The van der Waals surface area contributed by atoms with Gasteiger partial charge in [-0.1, -0.05) is 49.3 Å². The molecule has 16 heteroatoms. The molecule has 0 fully saturated rings. The summed E-state index contributed by atoms with van der Waals surface area (Å²) in [5.41, 5.74) is 0.766. The first kappa shape index (κ1) is 32.8. The zero-order valence-corrected chi connectivity index (χ0v) is 17.4. The van der Waals surface area contributed by atoms with Crippen molar-refractivity contribution in [3.05, 3.63) is 35.9 Å². The van der Waals surface area contributed by atoms with Crippen LogP contribution in [-0.2, 0) is 0 Å². The SMILES string of the molecule is [B]B([B])C.[B]C.[B][B]B([B])C(CB([B])B([B])[B])C(O)c1ccccc1.[B][B]C. The van der Waals surface area contributed by atoms with Crippen LogP contribution in [0.25, 0.3) is 0 Å². The zero-order chi connectivity index (χ0) is 22.7. The summed E-state index contributed by atoms with van der Waals surface area (Å²) in [6, 6.07) is 9.23. The van der Waals surface area contributed by atoms with Gasteiger partial charge in [0.15, 0.2) is 0 Å². The molecule has 0 spiro atoms. The molecule has 1 rings (SSSR count). The van der Waals surface area contributed by atoms with Gasteiger partial charge in [-0.2, -0.15) is 0 Å². The Morgan fingerprint density at radius 3 is 1.68 bits per heavy atom. The van der Waals surface area contributed by atoms with Crippen LogP contribution < -0.4 is 0 Å². The van der Waals surface area contributed by atoms with Crippen LogP contribution in [0.15, 0.2) is 30.3 Å². The van der Waals surface area contributed by atoms with Crippen molar-refractivity contribution in [1.29, 1.82) is 0 Å². The van der Waals surface area contributed by atoms with E-state index in [1.165, 1.54) is 21.1 Å².